The van der Waals surface area contributed by atoms with E-state index in [9.17, 15) is 27.0 Å². The van der Waals surface area contributed by atoms with Crippen LogP contribution in [-0.4, -0.2) is 45.3 Å². The zero-order valence-corrected chi connectivity index (χ0v) is 18.6. The number of rotatable bonds is 4. The van der Waals surface area contributed by atoms with Crippen molar-refractivity contribution in [1.29, 1.82) is 0 Å². The van der Waals surface area contributed by atoms with Gasteiger partial charge in [0.15, 0.2) is 9.92 Å². The number of halogens is 3. The number of amides is 3. The number of ether oxygens (including phenoxy) is 1. The molecule has 1 aliphatic heterocycles. The number of fused-ring (bicyclic) bond motifs is 3. The molecular weight excluding hydrogens is 477 g/mol. The van der Waals surface area contributed by atoms with Crippen molar-refractivity contribution in [3.05, 3.63) is 34.5 Å². The molecule has 1 aromatic heterocycles. The number of nitrogens with zero attached hydrogens (tertiary/aromatic N) is 3. The zero-order valence-electron chi connectivity index (χ0n) is 17.8. The van der Waals surface area contributed by atoms with Gasteiger partial charge < -0.3 is 15.4 Å². The number of anilines is 1. The summed E-state index contributed by atoms with van der Waals surface area (Å²) >= 11 is 0. The summed E-state index contributed by atoms with van der Waals surface area (Å²) in [7, 11) is -3.71. The number of aryl methyl sites for hydroxylation is 2. The second kappa shape index (κ2) is 7.98. The third-order valence-corrected chi connectivity index (χ3v) is 7.58. The maximum absolute atomic E-state index is 13.1. The predicted molar refractivity (Wildman–Crippen MR) is 114 cm³/mol. The molecule has 2 atom stereocenters. The van der Waals surface area contributed by atoms with Gasteiger partial charge >= 0.3 is 18.1 Å². The van der Waals surface area contributed by atoms with Crippen molar-refractivity contribution in [2.24, 2.45) is 15.4 Å². The van der Waals surface area contributed by atoms with Crippen LogP contribution in [0.3, 0.4) is 0 Å². The maximum Gasteiger partial charge on any atom is 0.471 e. The Morgan fingerprint density at radius 2 is 1.91 bits per heavy atom. The molecule has 1 aromatic carbocycles. The Hall–Kier alpha value is -3.13. The lowest BCUT2D eigenvalue weighted by molar-refractivity contribution is -0.173. The summed E-state index contributed by atoms with van der Waals surface area (Å²) < 4.78 is 60.6. The first-order valence-corrected chi connectivity index (χ1v) is 12.2. The van der Waals surface area contributed by atoms with Crippen molar-refractivity contribution < 1.29 is 31.7 Å². The van der Waals surface area contributed by atoms with Gasteiger partial charge in [0.2, 0.25) is 5.88 Å². The topological polar surface area (TPSA) is 141 Å². The van der Waals surface area contributed by atoms with Crippen molar-refractivity contribution in [3.63, 3.8) is 0 Å². The Morgan fingerprint density at radius 3 is 2.50 bits per heavy atom. The third-order valence-electron chi connectivity index (χ3n) is 6.24. The lowest BCUT2D eigenvalue weighted by atomic mass is 9.76. The molecule has 10 nitrogen and oxygen atoms in total. The summed E-state index contributed by atoms with van der Waals surface area (Å²) in [4.78, 5) is 23.5. The first-order chi connectivity index (χ1) is 16.0. The van der Waals surface area contributed by atoms with Crippen LogP contribution in [0.4, 0.5) is 23.7 Å². The van der Waals surface area contributed by atoms with E-state index in [1.807, 2.05) is 0 Å². The first kappa shape index (κ1) is 22.7. The van der Waals surface area contributed by atoms with Gasteiger partial charge in [-0.25, -0.2) is 18.8 Å². The number of hydrogen-bond acceptors (Lipinski definition) is 5. The highest BCUT2D eigenvalue weighted by Crippen LogP contribution is 2.40. The van der Waals surface area contributed by atoms with Crippen molar-refractivity contribution in [2.45, 2.75) is 43.3 Å². The largest absolute Gasteiger partial charge is 0.476 e. The minimum absolute atomic E-state index is 0.0235. The van der Waals surface area contributed by atoms with E-state index in [2.05, 4.69) is 20.8 Å². The monoisotopic (exact) mass is 498 g/mol. The number of carbonyl (C=O) groups excluding carboxylic acids is 2. The van der Waals surface area contributed by atoms with E-state index in [4.69, 9.17) is 9.88 Å². The van der Waals surface area contributed by atoms with Crippen molar-refractivity contribution >= 4 is 27.5 Å². The van der Waals surface area contributed by atoms with Crippen LogP contribution in [0.15, 0.2) is 21.5 Å². The first-order valence-electron chi connectivity index (χ1n) is 10.6. The summed E-state index contributed by atoms with van der Waals surface area (Å²) in [6.07, 6.45) is -0.202. The molecule has 3 aliphatic rings. The molecule has 4 N–H and O–H groups in total. The molecule has 0 spiro atoms. The lowest BCUT2D eigenvalue weighted by Crippen LogP contribution is -2.42. The van der Waals surface area contributed by atoms with Gasteiger partial charge in [-0.15, -0.1) is 4.36 Å². The summed E-state index contributed by atoms with van der Waals surface area (Å²) in [5.41, 5.74) is 5.26. The summed E-state index contributed by atoms with van der Waals surface area (Å²) in [5, 5.41) is 14.4. The molecule has 0 saturated heterocycles. The van der Waals surface area contributed by atoms with Gasteiger partial charge in [-0.1, -0.05) is 6.07 Å². The number of carbonyl (C=O) groups is 2. The number of hydrogen-bond donors (Lipinski definition) is 3. The third kappa shape index (κ3) is 4.00. The lowest BCUT2D eigenvalue weighted by Gasteiger charge is -2.31. The van der Waals surface area contributed by atoms with Crippen LogP contribution in [-0.2, 0) is 46.9 Å². The van der Waals surface area contributed by atoms with Gasteiger partial charge in [-0.2, -0.15) is 18.3 Å². The molecule has 2 heterocycles. The minimum Gasteiger partial charge on any atom is -0.476 e. The Kier molecular flexibility index (Phi) is 5.31. The number of benzene rings is 1. The Labute approximate surface area is 192 Å². The number of nitrogens with one attached hydrogen (secondary N) is 2. The van der Waals surface area contributed by atoms with Crippen LogP contribution in [0.25, 0.3) is 0 Å². The SMILES string of the molecule is NS(=O)(=NC(=O)Nc1c2c(cc3c1CC3)CC2)c1cnn2c1OCC(CNC(=O)C(F)(F)F)C2. The van der Waals surface area contributed by atoms with Crippen LogP contribution in [0.2, 0.25) is 0 Å². The fourth-order valence-corrected chi connectivity index (χ4v) is 5.31. The highest BCUT2D eigenvalue weighted by atomic mass is 32.2. The normalized spacial score (nSPS) is 19.7. The number of nitrogens with two attached hydrogens (primary N) is 1. The molecule has 2 unspecified atom stereocenters. The predicted octanol–water partition coefficient (Wildman–Crippen LogP) is 1.70. The second-order valence-corrected chi connectivity index (χ2v) is 10.3. The second-order valence-electron chi connectivity index (χ2n) is 8.50. The minimum atomic E-state index is -4.98. The fraction of sp³-hybridized carbons (Fsp3) is 0.450. The molecule has 0 bridgehead atoms. The van der Waals surface area contributed by atoms with Gasteiger partial charge in [0.05, 0.1) is 19.3 Å². The molecule has 2 aromatic rings. The average molecular weight is 498 g/mol. The molecule has 0 fully saturated rings. The average Bonchev–Trinajstić information content (AvgIpc) is 3.12. The van der Waals surface area contributed by atoms with Gasteiger partial charge in [-0.3, -0.25) is 4.79 Å². The summed E-state index contributed by atoms with van der Waals surface area (Å²) in [5.74, 6) is -2.53. The quantitative estimate of drug-likeness (QED) is 0.589. The van der Waals surface area contributed by atoms with E-state index in [-0.39, 0.29) is 30.5 Å². The Balaban J connectivity index is 1.30. The fourth-order valence-electron chi connectivity index (χ4n) is 4.31. The van der Waals surface area contributed by atoms with Gasteiger partial charge in [0, 0.05) is 18.2 Å². The van der Waals surface area contributed by atoms with Crippen LogP contribution in [0, 0.1) is 5.92 Å². The summed E-state index contributed by atoms with van der Waals surface area (Å²) in [6.45, 7) is -0.262. The highest BCUT2D eigenvalue weighted by molar-refractivity contribution is 7.91. The number of urea groups is 1. The van der Waals surface area contributed by atoms with E-state index in [1.165, 1.54) is 15.8 Å². The van der Waals surface area contributed by atoms with Gasteiger partial charge in [0.1, 0.15) is 4.90 Å². The molecule has 0 radical (unpaired) electrons. The van der Waals surface area contributed by atoms with Gasteiger partial charge in [0.25, 0.3) is 0 Å². The summed E-state index contributed by atoms with van der Waals surface area (Å²) in [6, 6.07) is 1.32. The van der Waals surface area contributed by atoms with Crippen molar-refractivity contribution in [3.8, 4) is 5.88 Å². The smallest absolute Gasteiger partial charge is 0.471 e. The number of aromatic nitrogens is 2. The van der Waals surface area contributed by atoms with Crippen molar-refractivity contribution in [1.82, 2.24) is 15.1 Å². The van der Waals surface area contributed by atoms with E-state index < -0.39 is 33.9 Å². The van der Waals surface area contributed by atoms with Gasteiger partial charge in [-0.05, 0) is 47.9 Å². The molecule has 5 rings (SSSR count). The van der Waals surface area contributed by atoms with E-state index in [0.717, 1.165) is 48.7 Å². The standard InChI is InChI=1S/C20H21F3N6O4S/c21-20(22,23)18(30)25-6-10-8-29-17(33-9-10)15(7-26-29)34(24,32)28-19(31)27-16-13-3-1-11(13)5-12-2-4-14(12)16/h5,7,10H,1-4,6,8-9H2,(H,25,30)(H3,24,27,28,31,32). The van der Waals surface area contributed by atoms with E-state index in [1.54, 1.807) is 5.32 Å². The molecule has 34 heavy (non-hydrogen) atoms. The highest BCUT2D eigenvalue weighted by Gasteiger charge is 2.39. The Bertz CT molecular complexity index is 1300. The Morgan fingerprint density at radius 1 is 1.24 bits per heavy atom. The molecule has 2 aliphatic carbocycles. The maximum atomic E-state index is 13.1. The molecule has 14 heteroatoms. The van der Waals surface area contributed by atoms with Crippen LogP contribution >= 0.6 is 0 Å². The molecule has 3 amide bonds. The molecule has 182 valence electrons. The molecular formula is C20H21F3N6O4S. The van der Waals surface area contributed by atoms with Crippen LogP contribution < -0.4 is 20.5 Å². The van der Waals surface area contributed by atoms with E-state index in [0.29, 0.717) is 0 Å². The van der Waals surface area contributed by atoms with E-state index >= 15 is 0 Å². The molecule has 0 saturated carbocycles. The van der Waals surface area contributed by atoms with Crippen molar-refractivity contribution in [2.75, 3.05) is 18.5 Å². The van der Waals surface area contributed by atoms with Crippen LogP contribution in [0.1, 0.15) is 22.3 Å². The number of alkyl halides is 3. The zero-order chi connectivity index (χ0) is 24.3. The van der Waals surface area contributed by atoms with Crippen LogP contribution in [0.5, 0.6) is 5.88 Å².